The van der Waals surface area contributed by atoms with Gasteiger partial charge < -0.3 is 5.11 Å². The number of hydrogen-bond donors (Lipinski definition) is 1. The fourth-order valence-electron chi connectivity index (χ4n) is 2.86. The van der Waals surface area contributed by atoms with Crippen LogP contribution in [0.4, 0.5) is 0 Å². The van der Waals surface area contributed by atoms with E-state index < -0.39 is 12.0 Å². The second-order valence-corrected chi connectivity index (χ2v) is 7.79. The van der Waals surface area contributed by atoms with Gasteiger partial charge in [-0.3, -0.25) is 4.79 Å². The van der Waals surface area contributed by atoms with Gasteiger partial charge in [-0.15, -0.1) is 0 Å². The summed E-state index contributed by atoms with van der Waals surface area (Å²) in [6.07, 6.45) is 0.503. The minimum absolute atomic E-state index is 0.503. The summed E-state index contributed by atoms with van der Waals surface area (Å²) in [4.78, 5) is 16.3. The number of carboxylic acids is 1. The zero-order chi connectivity index (χ0) is 17.2. The number of aliphatic carboxylic acids is 1. The van der Waals surface area contributed by atoms with Crippen LogP contribution in [0.15, 0.2) is 58.9 Å². The minimum Gasteiger partial charge on any atom is -0.480 e. The van der Waals surface area contributed by atoms with Crippen molar-refractivity contribution in [3.63, 3.8) is 0 Å². The highest BCUT2D eigenvalue weighted by atomic mass is 32.2. The molecule has 0 saturated carbocycles. The van der Waals surface area contributed by atoms with Gasteiger partial charge in [0.2, 0.25) is 0 Å². The monoisotopic (exact) mass is 369 g/mol. The van der Waals surface area contributed by atoms with Gasteiger partial charge in [0.05, 0.1) is 0 Å². The van der Waals surface area contributed by atoms with Crippen molar-refractivity contribution >= 4 is 29.4 Å². The number of nitrogens with zero attached hydrogens (tertiary/aromatic N) is 3. The molecular formula is C18H15N3O2S2. The Morgan fingerprint density at radius 2 is 1.84 bits per heavy atom. The normalized spacial score (nSPS) is 17.2. The first-order chi connectivity index (χ1) is 12.2. The summed E-state index contributed by atoms with van der Waals surface area (Å²) >= 11 is 2.68. The maximum atomic E-state index is 11.7. The van der Waals surface area contributed by atoms with E-state index in [9.17, 15) is 9.90 Å². The quantitative estimate of drug-likeness (QED) is 0.707. The van der Waals surface area contributed by atoms with Crippen LogP contribution in [0.5, 0.6) is 0 Å². The molecule has 0 saturated heterocycles. The van der Waals surface area contributed by atoms with Gasteiger partial charge in [-0.1, -0.05) is 54.6 Å². The van der Waals surface area contributed by atoms with E-state index >= 15 is 0 Å². The molecule has 0 radical (unpaired) electrons. The molecule has 4 rings (SSSR count). The molecule has 0 amide bonds. The summed E-state index contributed by atoms with van der Waals surface area (Å²) in [6, 6.07) is 17.2. The van der Waals surface area contributed by atoms with Crippen LogP contribution in [0.1, 0.15) is 11.1 Å². The van der Waals surface area contributed by atoms with E-state index in [1.165, 1.54) is 29.0 Å². The van der Waals surface area contributed by atoms with Gasteiger partial charge in [-0.05, 0) is 41.0 Å². The Kier molecular flexibility index (Phi) is 4.52. The molecule has 0 spiro atoms. The van der Waals surface area contributed by atoms with Crippen LogP contribution in [0, 0.1) is 0 Å². The molecule has 7 heteroatoms. The lowest BCUT2D eigenvalue weighted by Gasteiger charge is -2.32. The van der Waals surface area contributed by atoms with Crippen LogP contribution in [0.25, 0.3) is 11.4 Å². The third-order valence-corrected chi connectivity index (χ3v) is 5.95. The summed E-state index contributed by atoms with van der Waals surface area (Å²) in [5.41, 5.74) is 3.23. The smallest absolute Gasteiger partial charge is 0.322 e. The molecule has 3 aromatic rings. The second-order valence-electron chi connectivity index (χ2n) is 5.74. The van der Waals surface area contributed by atoms with Crippen molar-refractivity contribution in [2.75, 3.05) is 0 Å². The topological polar surface area (TPSA) is 66.3 Å². The summed E-state index contributed by atoms with van der Waals surface area (Å²) < 4.78 is 7.04. The van der Waals surface area contributed by atoms with Crippen molar-refractivity contribution < 1.29 is 9.90 Å². The van der Waals surface area contributed by atoms with Crippen LogP contribution < -0.4 is 0 Å². The van der Waals surface area contributed by atoms with E-state index in [-0.39, 0.29) is 0 Å². The second kappa shape index (κ2) is 6.95. The van der Waals surface area contributed by atoms with Crippen LogP contribution >= 0.6 is 23.5 Å². The van der Waals surface area contributed by atoms with Crippen molar-refractivity contribution in [3.05, 3.63) is 65.7 Å². The zero-order valence-electron chi connectivity index (χ0n) is 13.2. The van der Waals surface area contributed by atoms with Crippen molar-refractivity contribution in [2.24, 2.45) is 0 Å². The predicted octanol–water partition coefficient (Wildman–Crippen LogP) is 3.72. The predicted molar refractivity (Wildman–Crippen MR) is 98.3 cm³/mol. The molecule has 1 aliphatic heterocycles. The highest BCUT2D eigenvalue weighted by Crippen LogP contribution is 2.34. The molecule has 1 atom stereocenters. The third-order valence-electron chi connectivity index (χ3n) is 4.13. The maximum Gasteiger partial charge on any atom is 0.322 e. The number of carbonyl (C=O) groups is 1. The Bertz CT molecular complexity index is 898. The number of rotatable bonds is 4. The Morgan fingerprint density at radius 1 is 1.12 bits per heavy atom. The van der Waals surface area contributed by atoms with E-state index in [1.807, 2.05) is 52.8 Å². The molecule has 0 bridgehead atoms. The van der Waals surface area contributed by atoms with Crippen molar-refractivity contribution in [2.45, 2.75) is 23.3 Å². The molecular weight excluding hydrogens is 354 g/mol. The number of hydrogen-bond acceptors (Lipinski definition) is 6. The Labute approximate surface area is 153 Å². The number of fused-ring (bicyclic) bond motifs is 1. The molecule has 0 aliphatic carbocycles. The number of benzene rings is 2. The maximum absolute atomic E-state index is 11.7. The zero-order valence-corrected chi connectivity index (χ0v) is 14.8. The molecule has 2 aromatic carbocycles. The first kappa shape index (κ1) is 16.3. The van der Waals surface area contributed by atoms with Crippen LogP contribution in [-0.2, 0) is 17.8 Å². The molecule has 2 heterocycles. The molecule has 126 valence electrons. The first-order valence-electron chi connectivity index (χ1n) is 7.84. The molecule has 1 unspecified atom stereocenters. The van der Waals surface area contributed by atoms with Gasteiger partial charge in [-0.2, -0.15) is 4.37 Å². The van der Waals surface area contributed by atoms with E-state index in [4.69, 9.17) is 0 Å². The van der Waals surface area contributed by atoms with E-state index in [0.29, 0.717) is 18.8 Å². The molecule has 0 fully saturated rings. The molecule has 5 nitrogen and oxygen atoms in total. The summed E-state index contributed by atoms with van der Waals surface area (Å²) in [5, 5.41) is 9.61. The minimum atomic E-state index is -0.810. The van der Waals surface area contributed by atoms with Gasteiger partial charge in [0, 0.05) is 12.1 Å². The molecule has 1 aliphatic rings. The lowest BCUT2D eigenvalue weighted by molar-refractivity contribution is -0.141. The number of aromatic nitrogens is 2. The Balaban J connectivity index is 1.57. The lowest BCUT2D eigenvalue weighted by atomic mass is 9.96. The van der Waals surface area contributed by atoms with Crippen molar-refractivity contribution in [1.29, 1.82) is 0 Å². The average Bonchev–Trinajstić information content (AvgIpc) is 3.10. The summed E-state index contributed by atoms with van der Waals surface area (Å²) in [6.45, 7) is 0.581. The van der Waals surface area contributed by atoms with Crippen molar-refractivity contribution in [3.8, 4) is 11.4 Å². The van der Waals surface area contributed by atoms with Crippen LogP contribution in [0.2, 0.25) is 0 Å². The van der Waals surface area contributed by atoms with E-state index in [2.05, 4.69) is 15.4 Å². The van der Waals surface area contributed by atoms with Gasteiger partial charge in [0.1, 0.15) is 6.04 Å². The highest BCUT2D eigenvalue weighted by molar-refractivity contribution is 7.98. The average molecular weight is 369 g/mol. The molecule has 1 aromatic heterocycles. The molecule has 1 N–H and O–H groups in total. The van der Waals surface area contributed by atoms with Gasteiger partial charge in [0.15, 0.2) is 10.2 Å². The SMILES string of the molecule is O=C(O)C1Cc2ccccc2CN1Sc1nc(-c2ccccc2)ns1. The summed E-state index contributed by atoms with van der Waals surface area (Å²) in [7, 11) is 0. The lowest BCUT2D eigenvalue weighted by Crippen LogP contribution is -2.41. The van der Waals surface area contributed by atoms with Gasteiger partial charge in [-0.25, -0.2) is 9.29 Å². The first-order valence-corrected chi connectivity index (χ1v) is 9.39. The largest absolute Gasteiger partial charge is 0.480 e. The fraction of sp³-hybridized carbons (Fsp3) is 0.167. The van der Waals surface area contributed by atoms with Gasteiger partial charge in [0.25, 0.3) is 0 Å². The summed E-state index contributed by atoms with van der Waals surface area (Å²) in [5.74, 6) is -0.132. The van der Waals surface area contributed by atoms with E-state index in [1.54, 1.807) is 0 Å². The molecule has 25 heavy (non-hydrogen) atoms. The third kappa shape index (κ3) is 3.44. The van der Waals surface area contributed by atoms with Crippen LogP contribution in [-0.4, -0.2) is 30.8 Å². The van der Waals surface area contributed by atoms with Crippen molar-refractivity contribution in [1.82, 2.24) is 13.7 Å². The van der Waals surface area contributed by atoms with E-state index in [0.717, 1.165) is 15.5 Å². The number of carboxylic acid groups (broad SMARTS) is 1. The van der Waals surface area contributed by atoms with Crippen LogP contribution in [0.3, 0.4) is 0 Å². The van der Waals surface area contributed by atoms with Gasteiger partial charge >= 0.3 is 5.97 Å². The standard InChI is InChI=1S/C18H15N3O2S2/c22-17(23)15-10-13-8-4-5-9-14(13)11-21(15)25-18-19-16(20-24-18)12-6-2-1-3-7-12/h1-9,15H,10-11H2,(H,22,23). The Morgan fingerprint density at radius 3 is 2.60 bits per heavy atom. The Hall–Kier alpha value is -2.22. The highest BCUT2D eigenvalue weighted by Gasteiger charge is 2.32. The fourth-order valence-corrected chi connectivity index (χ4v) is 4.65.